The van der Waals surface area contributed by atoms with Crippen LogP contribution in [0, 0.1) is 12.8 Å². The van der Waals surface area contributed by atoms with Gasteiger partial charge in [0.15, 0.2) is 0 Å². The summed E-state index contributed by atoms with van der Waals surface area (Å²) in [4.78, 5) is 4.61. The molecule has 0 N–H and O–H groups in total. The predicted molar refractivity (Wildman–Crippen MR) is 81.7 cm³/mol. The van der Waals surface area contributed by atoms with E-state index in [0.29, 0.717) is 11.8 Å². The number of benzene rings is 1. The fourth-order valence-electron chi connectivity index (χ4n) is 2.36. The average molecular weight is 274 g/mol. The van der Waals surface area contributed by atoms with Gasteiger partial charge in [-0.2, -0.15) is 0 Å². The fourth-order valence-corrected chi connectivity index (χ4v) is 2.49. The molecule has 0 aliphatic rings. The van der Waals surface area contributed by atoms with E-state index in [0.717, 1.165) is 17.1 Å². The van der Waals surface area contributed by atoms with Gasteiger partial charge in [-0.15, -0.1) is 0 Å². The molecule has 1 nitrogen and oxygen atoms in total. The Bertz CT molecular complexity index is 470. The van der Waals surface area contributed by atoms with Gasteiger partial charge in [-0.1, -0.05) is 50.1 Å². The van der Waals surface area contributed by atoms with Crippen molar-refractivity contribution in [2.75, 3.05) is 0 Å². The third-order valence-corrected chi connectivity index (χ3v) is 3.95. The lowest BCUT2D eigenvalue weighted by Crippen LogP contribution is -2.12. The standard InChI is InChI=1S/C17H20ClN/c1-4-13(3)17(14-6-8-15(18)9-7-14)16-10-5-12(2)11-19-16/h5-11,13,17H,4H2,1-3H3. The molecule has 2 heteroatoms. The molecule has 0 saturated heterocycles. The second-order valence-electron chi connectivity index (χ2n) is 5.18. The van der Waals surface area contributed by atoms with Crippen LogP contribution in [0.15, 0.2) is 42.6 Å². The first kappa shape index (κ1) is 14.1. The number of hydrogen-bond donors (Lipinski definition) is 0. The molecule has 0 aliphatic carbocycles. The van der Waals surface area contributed by atoms with Crippen LogP contribution in [0.5, 0.6) is 0 Å². The highest BCUT2D eigenvalue weighted by Crippen LogP contribution is 2.33. The molecule has 2 rings (SSSR count). The molecule has 2 aromatic rings. The summed E-state index contributed by atoms with van der Waals surface area (Å²) in [6.45, 7) is 6.57. The smallest absolute Gasteiger partial charge is 0.0481 e. The van der Waals surface area contributed by atoms with Crippen molar-refractivity contribution in [1.82, 2.24) is 4.98 Å². The molecule has 0 bridgehead atoms. The van der Waals surface area contributed by atoms with Gasteiger partial charge in [0, 0.05) is 22.8 Å². The van der Waals surface area contributed by atoms with E-state index in [1.807, 2.05) is 18.3 Å². The molecule has 2 unspecified atom stereocenters. The van der Waals surface area contributed by atoms with E-state index in [-0.39, 0.29) is 0 Å². The largest absolute Gasteiger partial charge is 0.260 e. The maximum absolute atomic E-state index is 5.98. The number of pyridine rings is 1. The van der Waals surface area contributed by atoms with Gasteiger partial charge in [-0.25, -0.2) is 0 Å². The van der Waals surface area contributed by atoms with Gasteiger partial charge in [0.2, 0.25) is 0 Å². The lowest BCUT2D eigenvalue weighted by molar-refractivity contribution is 0.488. The molecular formula is C17H20ClN. The van der Waals surface area contributed by atoms with E-state index >= 15 is 0 Å². The molecule has 1 aromatic heterocycles. The van der Waals surface area contributed by atoms with Gasteiger partial charge < -0.3 is 0 Å². The highest BCUT2D eigenvalue weighted by Gasteiger charge is 2.21. The Labute approximate surface area is 120 Å². The maximum atomic E-state index is 5.98. The van der Waals surface area contributed by atoms with Gasteiger partial charge in [0.1, 0.15) is 0 Å². The molecule has 19 heavy (non-hydrogen) atoms. The molecule has 2 atom stereocenters. The topological polar surface area (TPSA) is 12.9 Å². The summed E-state index contributed by atoms with van der Waals surface area (Å²) in [7, 11) is 0. The Kier molecular flexibility index (Phi) is 4.60. The molecular weight excluding hydrogens is 254 g/mol. The summed E-state index contributed by atoms with van der Waals surface area (Å²) in [5.74, 6) is 0.888. The van der Waals surface area contributed by atoms with Crippen LogP contribution >= 0.6 is 11.6 Å². The van der Waals surface area contributed by atoms with Crippen LogP contribution < -0.4 is 0 Å². The summed E-state index contributed by atoms with van der Waals surface area (Å²) in [5, 5.41) is 0.781. The minimum Gasteiger partial charge on any atom is -0.260 e. The lowest BCUT2D eigenvalue weighted by Gasteiger charge is -2.23. The number of rotatable bonds is 4. The number of aromatic nitrogens is 1. The maximum Gasteiger partial charge on any atom is 0.0481 e. The van der Waals surface area contributed by atoms with Crippen LogP contribution in [0.25, 0.3) is 0 Å². The summed E-state index contributed by atoms with van der Waals surface area (Å²) in [5.41, 5.74) is 3.63. The zero-order valence-electron chi connectivity index (χ0n) is 11.7. The van der Waals surface area contributed by atoms with Crippen molar-refractivity contribution in [3.8, 4) is 0 Å². The molecule has 0 amide bonds. The van der Waals surface area contributed by atoms with Crippen molar-refractivity contribution in [3.05, 3.63) is 64.4 Å². The van der Waals surface area contributed by atoms with Gasteiger partial charge in [0.05, 0.1) is 0 Å². The monoisotopic (exact) mass is 273 g/mol. The first-order chi connectivity index (χ1) is 9.11. The first-order valence-electron chi connectivity index (χ1n) is 6.79. The number of aryl methyl sites for hydroxylation is 1. The van der Waals surface area contributed by atoms with Crippen molar-refractivity contribution in [2.24, 2.45) is 5.92 Å². The molecule has 1 heterocycles. The molecule has 0 radical (unpaired) electrons. The fraction of sp³-hybridized carbons (Fsp3) is 0.353. The molecule has 0 saturated carbocycles. The Hall–Kier alpha value is -1.34. The zero-order valence-corrected chi connectivity index (χ0v) is 12.5. The highest BCUT2D eigenvalue weighted by molar-refractivity contribution is 6.30. The summed E-state index contributed by atoms with van der Waals surface area (Å²) < 4.78 is 0. The molecule has 0 spiro atoms. The predicted octanol–water partition coefficient (Wildman–Crippen LogP) is 5.22. The van der Waals surface area contributed by atoms with Crippen LogP contribution in [-0.4, -0.2) is 4.98 Å². The van der Waals surface area contributed by atoms with Gasteiger partial charge in [0.25, 0.3) is 0 Å². The third-order valence-electron chi connectivity index (χ3n) is 3.69. The van der Waals surface area contributed by atoms with Crippen LogP contribution in [0.4, 0.5) is 0 Å². The second kappa shape index (κ2) is 6.21. The average Bonchev–Trinajstić information content (AvgIpc) is 2.43. The van der Waals surface area contributed by atoms with Crippen molar-refractivity contribution < 1.29 is 0 Å². The van der Waals surface area contributed by atoms with Crippen molar-refractivity contribution in [2.45, 2.75) is 33.1 Å². The molecule has 0 fully saturated rings. The van der Waals surface area contributed by atoms with Gasteiger partial charge >= 0.3 is 0 Å². The zero-order chi connectivity index (χ0) is 13.8. The lowest BCUT2D eigenvalue weighted by atomic mass is 9.83. The first-order valence-corrected chi connectivity index (χ1v) is 7.17. The SMILES string of the molecule is CCC(C)C(c1ccc(Cl)cc1)c1ccc(C)cn1. The van der Waals surface area contributed by atoms with Crippen LogP contribution in [0.2, 0.25) is 5.02 Å². The van der Waals surface area contributed by atoms with E-state index in [4.69, 9.17) is 11.6 Å². The van der Waals surface area contributed by atoms with Crippen LogP contribution in [0.1, 0.15) is 43.0 Å². The normalized spacial score (nSPS) is 14.1. The minimum absolute atomic E-state index is 0.336. The molecule has 0 aliphatic heterocycles. The van der Waals surface area contributed by atoms with Crippen LogP contribution in [0.3, 0.4) is 0 Å². The van der Waals surface area contributed by atoms with Crippen molar-refractivity contribution in [3.63, 3.8) is 0 Å². The second-order valence-corrected chi connectivity index (χ2v) is 5.61. The number of nitrogens with zero attached hydrogens (tertiary/aromatic N) is 1. The van der Waals surface area contributed by atoms with Crippen LogP contribution in [-0.2, 0) is 0 Å². The third kappa shape index (κ3) is 3.36. The van der Waals surface area contributed by atoms with E-state index < -0.39 is 0 Å². The van der Waals surface area contributed by atoms with Crippen molar-refractivity contribution in [1.29, 1.82) is 0 Å². The van der Waals surface area contributed by atoms with E-state index in [1.165, 1.54) is 11.1 Å². The quantitative estimate of drug-likeness (QED) is 0.744. The Morgan fingerprint density at radius 3 is 2.32 bits per heavy atom. The Morgan fingerprint density at radius 1 is 1.11 bits per heavy atom. The summed E-state index contributed by atoms with van der Waals surface area (Å²) in [6, 6.07) is 12.4. The highest BCUT2D eigenvalue weighted by atomic mass is 35.5. The van der Waals surface area contributed by atoms with E-state index in [2.05, 4.69) is 50.0 Å². The molecule has 100 valence electrons. The minimum atomic E-state index is 0.336. The van der Waals surface area contributed by atoms with E-state index in [9.17, 15) is 0 Å². The number of hydrogen-bond acceptors (Lipinski definition) is 1. The Morgan fingerprint density at radius 2 is 1.79 bits per heavy atom. The number of halogens is 1. The summed E-state index contributed by atoms with van der Waals surface area (Å²) >= 11 is 5.98. The van der Waals surface area contributed by atoms with Crippen molar-refractivity contribution >= 4 is 11.6 Å². The van der Waals surface area contributed by atoms with Gasteiger partial charge in [-0.3, -0.25) is 4.98 Å². The summed E-state index contributed by atoms with van der Waals surface area (Å²) in [6.07, 6.45) is 3.07. The van der Waals surface area contributed by atoms with E-state index in [1.54, 1.807) is 0 Å². The Balaban J connectivity index is 2.41. The van der Waals surface area contributed by atoms with Gasteiger partial charge in [-0.05, 0) is 42.2 Å². The molecule has 1 aromatic carbocycles.